The topological polar surface area (TPSA) is 78.7 Å². The van der Waals surface area contributed by atoms with E-state index in [-0.39, 0.29) is 18.0 Å². The molecular weight excluding hydrogens is 384 g/mol. The summed E-state index contributed by atoms with van der Waals surface area (Å²) in [7, 11) is 1.44. The Labute approximate surface area is 177 Å². The summed E-state index contributed by atoms with van der Waals surface area (Å²) in [6.07, 6.45) is 3.00. The van der Waals surface area contributed by atoms with Gasteiger partial charge in [-0.3, -0.25) is 9.36 Å². The van der Waals surface area contributed by atoms with E-state index < -0.39 is 0 Å². The van der Waals surface area contributed by atoms with E-state index in [2.05, 4.69) is 21.7 Å². The Kier molecular flexibility index (Phi) is 7.32. The maximum atomic E-state index is 11.8. The third kappa shape index (κ3) is 4.93. The van der Waals surface area contributed by atoms with E-state index in [1.807, 2.05) is 48.8 Å². The summed E-state index contributed by atoms with van der Waals surface area (Å²) in [5, 5.41) is 8.83. The zero-order valence-electron chi connectivity index (χ0n) is 17.9. The van der Waals surface area contributed by atoms with Crippen LogP contribution in [0.15, 0.2) is 36.9 Å². The zero-order chi connectivity index (χ0) is 21.5. The monoisotopic (exact) mass is 414 g/mol. The van der Waals surface area contributed by atoms with E-state index in [0.717, 1.165) is 49.2 Å². The molecule has 162 valence electrons. The SMILES string of the molecule is C=CCn1c([C@@H](C)Oc2ccc(OCC)cc2)nnc1N1CCC(C(=O)OC)CC1. The Balaban J connectivity index is 1.72. The summed E-state index contributed by atoms with van der Waals surface area (Å²) in [6.45, 7) is 10.4. The number of hydrogen-bond donors (Lipinski definition) is 0. The van der Waals surface area contributed by atoms with E-state index >= 15 is 0 Å². The van der Waals surface area contributed by atoms with Gasteiger partial charge >= 0.3 is 5.97 Å². The molecule has 30 heavy (non-hydrogen) atoms. The molecule has 1 aliphatic rings. The molecule has 0 aliphatic carbocycles. The van der Waals surface area contributed by atoms with Gasteiger partial charge in [-0.2, -0.15) is 0 Å². The van der Waals surface area contributed by atoms with Crippen LogP contribution >= 0.6 is 0 Å². The third-order valence-electron chi connectivity index (χ3n) is 5.20. The molecule has 0 bridgehead atoms. The van der Waals surface area contributed by atoms with Crippen LogP contribution in [0.2, 0.25) is 0 Å². The number of carbonyl (C=O) groups is 1. The number of anilines is 1. The van der Waals surface area contributed by atoms with Crippen molar-refractivity contribution in [1.82, 2.24) is 14.8 Å². The average molecular weight is 415 g/mol. The predicted molar refractivity (Wildman–Crippen MR) is 114 cm³/mol. The van der Waals surface area contributed by atoms with E-state index in [1.54, 1.807) is 0 Å². The van der Waals surface area contributed by atoms with Crippen LogP contribution in [0, 0.1) is 5.92 Å². The number of esters is 1. The second kappa shape index (κ2) is 10.1. The fraction of sp³-hybridized carbons (Fsp3) is 0.500. The molecule has 1 aromatic carbocycles. The van der Waals surface area contributed by atoms with Gasteiger partial charge in [0.15, 0.2) is 11.9 Å². The van der Waals surface area contributed by atoms with Crippen LogP contribution in [0.3, 0.4) is 0 Å². The van der Waals surface area contributed by atoms with Crippen LogP contribution in [-0.4, -0.2) is 47.5 Å². The molecule has 8 heteroatoms. The number of rotatable bonds is 9. The largest absolute Gasteiger partial charge is 0.494 e. The summed E-state index contributed by atoms with van der Waals surface area (Å²) in [5.74, 6) is 2.86. The Morgan fingerprint density at radius 1 is 1.23 bits per heavy atom. The lowest BCUT2D eigenvalue weighted by atomic mass is 9.97. The summed E-state index contributed by atoms with van der Waals surface area (Å²) >= 11 is 0. The van der Waals surface area contributed by atoms with Crippen molar-refractivity contribution in [3.05, 3.63) is 42.7 Å². The number of piperidine rings is 1. The molecule has 0 radical (unpaired) electrons. The first-order valence-electron chi connectivity index (χ1n) is 10.3. The number of ether oxygens (including phenoxy) is 3. The van der Waals surface area contributed by atoms with E-state index in [1.165, 1.54) is 7.11 Å². The number of allylic oxidation sites excluding steroid dienone is 1. The third-order valence-corrected chi connectivity index (χ3v) is 5.20. The van der Waals surface area contributed by atoms with Crippen LogP contribution in [-0.2, 0) is 16.1 Å². The Hall–Kier alpha value is -3.03. The number of benzene rings is 1. The van der Waals surface area contributed by atoms with E-state index in [9.17, 15) is 4.79 Å². The second-order valence-electron chi connectivity index (χ2n) is 7.21. The van der Waals surface area contributed by atoms with Crippen molar-refractivity contribution >= 4 is 11.9 Å². The van der Waals surface area contributed by atoms with Crippen molar-refractivity contribution in [2.45, 2.75) is 39.3 Å². The molecular formula is C22H30N4O4. The quantitative estimate of drug-likeness (QED) is 0.460. The highest BCUT2D eigenvalue weighted by atomic mass is 16.5. The molecule has 1 aromatic heterocycles. The lowest BCUT2D eigenvalue weighted by molar-refractivity contribution is -0.146. The number of nitrogens with zero attached hydrogens (tertiary/aromatic N) is 4. The molecule has 1 atom stereocenters. The molecule has 1 fully saturated rings. The molecule has 0 saturated carbocycles. The molecule has 1 aliphatic heterocycles. The maximum Gasteiger partial charge on any atom is 0.308 e. The van der Waals surface area contributed by atoms with Crippen molar-refractivity contribution in [3.63, 3.8) is 0 Å². The molecule has 0 unspecified atom stereocenters. The number of aromatic nitrogens is 3. The van der Waals surface area contributed by atoms with Crippen LogP contribution in [0.4, 0.5) is 5.95 Å². The minimum absolute atomic E-state index is 0.0524. The Bertz CT molecular complexity index is 841. The van der Waals surface area contributed by atoms with Gasteiger partial charge in [0.2, 0.25) is 5.95 Å². The normalized spacial score (nSPS) is 15.5. The Morgan fingerprint density at radius 3 is 2.50 bits per heavy atom. The van der Waals surface area contributed by atoms with Crippen molar-refractivity contribution in [2.24, 2.45) is 5.92 Å². The molecule has 2 heterocycles. The lowest BCUT2D eigenvalue weighted by Crippen LogP contribution is -2.38. The smallest absolute Gasteiger partial charge is 0.308 e. The zero-order valence-corrected chi connectivity index (χ0v) is 17.9. The fourth-order valence-corrected chi connectivity index (χ4v) is 3.67. The molecule has 0 N–H and O–H groups in total. The maximum absolute atomic E-state index is 11.8. The summed E-state index contributed by atoms with van der Waals surface area (Å²) in [4.78, 5) is 13.9. The van der Waals surface area contributed by atoms with Gasteiger partial charge in [-0.05, 0) is 51.0 Å². The minimum Gasteiger partial charge on any atom is -0.494 e. The highest BCUT2D eigenvalue weighted by Crippen LogP contribution is 2.28. The molecule has 0 amide bonds. The van der Waals surface area contributed by atoms with Crippen molar-refractivity contribution in [1.29, 1.82) is 0 Å². The molecule has 1 saturated heterocycles. The van der Waals surface area contributed by atoms with Gasteiger partial charge in [-0.15, -0.1) is 16.8 Å². The fourth-order valence-electron chi connectivity index (χ4n) is 3.67. The van der Waals surface area contributed by atoms with Crippen LogP contribution in [0.25, 0.3) is 0 Å². The Morgan fingerprint density at radius 2 is 1.90 bits per heavy atom. The van der Waals surface area contributed by atoms with Crippen molar-refractivity contribution in [3.8, 4) is 11.5 Å². The number of methoxy groups -OCH3 is 1. The standard InChI is InChI=1S/C22H30N4O4/c1-5-13-26-20(16(3)30-19-9-7-18(8-10-19)29-6-2)23-24-22(26)25-14-11-17(12-15-25)21(27)28-4/h5,7-10,16-17H,1,6,11-15H2,2-4H3/t16-/m1/s1. The number of hydrogen-bond acceptors (Lipinski definition) is 7. The van der Waals surface area contributed by atoms with E-state index in [0.29, 0.717) is 13.2 Å². The molecule has 8 nitrogen and oxygen atoms in total. The van der Waals surface area contributed by atoms with Crippen molar-refractivity contribution in [2.75, 3.05) is 31.7 Å². The summed E-state index contributed by atoms with van der Waals surface area (Å²) in [6, 6.07) is 7.54. The summed E-state index contributed by atoms with van der Waals surface area (Å²) in [5.41, 5.74) is 0. The van der Waals surface area contributed by atoms with Gasteiger partial charge in [0.25, 0.3) is 0 Å². The van der Waals surface area contributed by atoms with Gasteiger partial charge in [0.1, 0.15) is 11.5 Å². The van der Waals surface area contributed by atoms with Gasteiger partial charge in [-0.25, -0.2) is 0 Å². The average Bonchev–Trinajstić information content (AvgIpc) is 3.19. The van der Waals surface area contributed by atoms with Crippen LogP contribution < -0.4 is 14.4 Å². The molecule has 3 rings (SSSR count). The van der Waals surface area contributed by atoms with Gasteiger partial charge in [0, 0.05) is 19.6 Å². The first-order valence-corrected chi connectivity index (χ1v) is 10.3. The summed E-state index contributed by atoms with van der Waals surface area (Å²) < 4.78 is 18.5. The molecule has 2 aromatic rings. The van der Waals surface area contributed by atoms with Gasteiger partial charge < -0.3 is 19.1 Å². The minimum atomic E-state index is -0.295. The van der Waals surface area contributed by atoms with Gasteiger partial charge in [0.05, 0.1) is 19.6 Å². The highest BCUT2D eigenvalue weighted by molar-refractivity contribution is 5.72. The molecule has 0 spiro atoms. The first-order chi connectivity index (χ1) is 14.6. The first kappa shape index (κ1) is 21.7. The lowest BCUT2D eigenvalue weighted by Gasteiger charge is -2.31. The predicted octanol–water partition coefficient (Wildman–Crippen LogP) is 3.39. The number of carbonyl (C=O) groups excluding carboxylic acids is 1. The van der Waals surface area contributed by atoms with Crippen LogP contribution in [0.1, 0.15) is 38.6 Å². The van der Waals surface area contributed by atoms with Crippen LogP contribution in [0.5, 0.6) is 11.5 Å². The van der Waals surface area contributed by atoms with Crippen molar-refractivity contribution < 1.29 is 19.0 Å². The highest BCUT2D eigenvalue weighted by Gasteiger charge is 2.29. The second-order valence-corrected chi connectivity index (χ2v) is 7.21. The van der Waals surface area contributed by atoms with E-state index in [4.69, 9.17) is 14.2 Å². The van der Waals surface area contributed by atoms with Gasteiger partial charge in [-0.1, -0.05) is 6.08 Å².